The molecule has 2 aromatic carbocycles. The Morgan fingerprint density at radius 1 is 1.11 bits per heavy atom. The molecule has 0 saturated carbocycles. The van der Waals surface area contributed by atoms with Crippen LogP contribution in [-0.2, 0) is 9.59 Å². The van der Waals surface area contributed by atoms with Crippen molar-refractivity contribution in [3.8, 4) is 11.5 Å². The number of anilines is 1. The number of amides is 1. The maximum atomic E-state index is 13.3. The summed E-state index contributed by atoms with van der Waals surface area (Å²) in [5.41, 5.74) is 0.929. The third-order valence-electron chi connectivity index (χ3n) is 6.04. The first-order valence-corrected chi connectivity index (χ1v) is 11.9. The number of nitro groups is 1. The fraction of sp³-hybridized carbons (Fsp3) is 0.120. The summed E-state index contributed by atoms with van der Waals surface area (Å²) < 4.78 is 11.6. The molecule has 0 aliphatic carbocycles. The topological polar surface area (TPSA) is 145 Å². The summed E-state index contributed by atoms with van der Waals surface area (Å²) in [6, 6.07) is 11.2. The van der Waals surface area contributed by atoms with E-state index in [1.165, 1.54) is 29.3 Å². The highest BCUT2D eigenvalue weighted by molar-refractivity contribution is 7.22. The second-order valence-corrected chi connectivity index (χ2v) is 9.23. The van der Waals surface area contributed by atoms with Gasteiger partial charge in [-0.2, -0.15) is 0 Å². The second-order valence-electron chi connectivity index (χ2n) is 8.22. The number of fused-ring (bicyclic) bond motifs is 2. The van der Waals surface area contributed by atoms with Crippen molar-refractivity contribution in [3.63, 3.8) is 0 Å². The summed E-state index contributed by atoms with van der Waals surface area (Å²) in [6.45, 7) is 0.739. The molecule has 184 valence electrons. The number of aliphatic hydroxyl groups excluding tert-OH is 1. The van der Waals surface area contributed by atoms with Crippen LogP contribution in [0.2, 0.25) is 0 Å². The lowest BCUT2D eigenvalue weighted by Crippen LogP contribution is -2.29. The number of ether oxygens (including phenoxy) is 2. The van der Waals surface area contributed by atoms with Crippen LogP contribution in [-0.4, -0.2) is 44.9 Å². The van der Waals surface area contributed by atoms with Crippen LogP contribution >= 0.6 is 11.3 Å². The van der Waals surface area contributed by atoms with E-state index in [0.29, 0.717) is 40.5 Å². The summed E-state index contributed by atoms with van der Waals surface area (Å²) in [4.78, 5) is 47.2. The Labute approximate surface area is 212 Å². The van der Waals surface area contributed by atoms with E-state index in [1.54, 1.807) is 36.5 Å². The van der Waals surface area contributed by atoms with Gasteiger partial charge in [-0.1, -0.05) is 17.4 Å². The number of thiazole rings is 1. The smallest absolute Gasteiger partial charge is 0.301 e. The number of ketones is 1. The van der Waals surface area contributed by atoms with Gasteiger partial charge in [-0.3, -0.25) is 29.6 Å². The number of aliphatic hydroxyl groups is 1. The number of carbonyl (C=O) groups excluding carboxylic acids is 2. The van der Waals surface area contributed by atoms with Crippen LogP contribution < -0.4 is 14.4 Å². The molecular weight excluding hydrogens is 500 g/mol. The predicted molar refractivity (Wildman–Crippen MR) is 133 cm³/mol. The Morgan fingerprint density at radius 3 is 2.68 bits per heavy atom. The molecule has 11 nitrogen and oxygen atoms in total. The van der Waals surface area contributed by atoms with Crippen LogP contribution in [0.25, 0.3) is 16.0 Å². The van der Waals surface area contributed by atoms with Gasteiger partial charge in [0.15, 0.2) is 16.6 Å². The van der Waals surface area contributed by atoms with Crippen LogP contribution in [0.3, 0.4) is 0 Å². The zero-order chi connectivity index (χ0) is 25.7. The molecule has 4 aromatic rings. The zero-order valence-electron chi connectivity index (χ0n) is 18.9. The third kappa shape index (κ3) is 3.74. The zero-order valence-corrected chi connectivity index (χ0v) is 19.7. The van der Waals surface area contributed by atoms with Gasteiger partial charge >= 0.3 is 5.91 Å². The lowest BCUT2D eigenvalue weighted by atomic mass is 9.96. The summed E-state index contributed by atoms with van der Waals surface area (Å²) in [6.07, 6.45) is 3.05. The fourth-order valence-corrected chi connectivity index (χ4v) is 5.37. The van der Waals surface area contributed by atoms with E-state index in [1.807, 2.05) is 0 Å². The number of pyridine rings is 1. The molecule has 6 rings (SSSR count). The number of benzene rings is 2. The van der Waals surface area contributed by atoms with Crippen molar-refractivity contribution in [1.29, 1.82) is 0 Å². The number of aromatic nitrogens is 2. The van der Waals surface area contributed by atoms with Crippen molar-refractivity contribution >= 4 is 49.8 Å². The quantitative estimate of drug-likeness (QED) is 0.140. The van der Waals surface area contributed by atoms with Crippen molar-refractivity contribution in [2.75, 3.05) is 18.1 Å². The summed E-state index contributed by atoms with van der Waals surface area (Å²) in [5.74, 6) is -1.25. The Hall–Kier alpha value is -4.84. The second kappa shape index (κ2) is 8.68. The molecule has 0 bridgehead atoms. The van der Waals surface area contributed by atoms with Crippen molar-refractivity contribution in [2.24, 2.45) is 0 Å². The predicted octanol–water partition coefficient (Wildman–Crippen LogP) is 4.00. The summed E-state index contributed by atoms with van der Waals surface area (Å²) in [5, 5.41) is 22.7. The average Bonchev–Trinajstić information content (AvgIpc) is 3.46. The highest BCUT2D eigenvalue weighted by Gasteiger charge is 2.48. The molecule has 1 fully saturated rings. The average molecular weight is 516 g/mol. The lowest BCUT2D eigenvalue weighted by molar-refractivity contribution is -0.384. The first-order valence-electron chi connectivity index (χ1n) is 11.1. The van der Waals surface area contributed by atoms with Gasteiger partial charge in [0.05, 0.1) is 26.8 Å². The van der Waals surface area contributed by atoms with E-state index in [-0.39, 0.29) is 27.7 Å². The molecular formula is C25H16N4O7S. The minimum Gasteiger partial charge on any atom is -0.507 e. The number of nitro benzene ring substituents is 1. The van der Waals surface area contributed by atoms with E-state index in [9.17, 15) is 24.8 Å². The maximum absolute atomic E-state index is 13.3. The third-order valence-corrected chi connectivity index (χ3v) is 7.06. The Kier molecular flexibility index (Phi) is 5.30. The van der Waals surface area contributed by atoms with Crippen molar-refractivity contribution in [3.05, 3.63) is 87.7 Å². The number of nitrogens with zero attached hydrogens (tertiary/aromatic N) is 4. The van der Waals surface area contributed by atoms with Gasteiger partial charge in [0.25, 0.3) is 11.5 Å². The van der Waals surface area contributed by atoms with Crippen molar-refractivity contribution < 1.29 is 29.1 Å². The monoisotopic (exact) mass is 516 g/mol. The maximum Gasteiger partial charge on any atom is 0.301 e. The molecule has 0 radical (unpaired) electrons. The van der Waals surface area contributed by atoms with E-state index < -0.39 is 22.7 Å². The van der Waals surface area contributed by atoms with Gasteiger partial charge < -0.3 is 14.6 Å². The highest BCUT2D eigenvalue weighted by atomic mass is 32.1. The minimum absolute atomic E-state index is 0.118. The van der Waals surface area contributed by atoms with E-state index in [0.717, 1.165) is 11.3 Å². The number of non-ortho nitro benzene ring substituents is 1. The molecule has 37 heavy (non-hydrogen) atoms. The van der Waals surface area contributed by atoms with Gasteiger partial charge in [0.2, 0.25) is 0 Å². The number of rotatable bonds is 4. The molecule has 1 unspecified atom stereocenters. The van der Waals surface area contributed by atoms with E-state index in [2.05, 4.69) is 9.97 Å². The highest BCUT2D eigenvalue weighted by Crippen LogP contribution is 2.45. The Balaban J connectivity index is 1.52. The van der Waals surface area contributed by atoms with Gasteiger partial charge in [0, 0.05) is 30.1 Å². The molecule has 1 saturated heterocycles. The Bertz CT molecular complexity index is 1630. The normalized spacial score (nSPS) is 18.4. The van der Waals surface area contributed by atoms with Crippen LogP contribution in [0, 0.1) is 10.1 Å². The van der Waals surface area contributed by atoms with Crippen LogP contribution in [0.1, 0.15) is 17.2 Å². The molecule has 4 heterocycles. The number of carbonyl (C=O) groups is 2. The minimum atomic E-state index is -1.03. The largest absolute Gasteiger partial charge is 0.507 e. The van der Waals surface area contributed by atoms with Gasteiger partial charge in [-0.15, -0.1) is 0 Å². The number of hydrogen-bond donors (Lipinski definition) is 1. The van der Waals surface area contributed by atoms with Crippen molar-refractivity contribution in [1.82, 2.24) is 9.97 Å². The van der Waals surface area contributed by atoms with E-state index in [4.69, 9.17) is 9.47 Å². The van der Waals surface area contributed by atoms with Crippen LogP contribution in [0.15, 0.2) is 66.5 Å². The first kappa shape index (κ1) is 22.6. The summed E-state index contributed by atoms with van der Waals surface area (Å²) >= 11 is 1.03. The Morgan fingerprint density at radius 2 is 1.92 bits per heavy atom. The molecule has 2 aliphatic heterocycles. The molecule has 1 N–H and O–H groups in total. The van der Waals surface area contributed by atoms with Gasteiger partial charge in [-0.25, -0.2) is 4.98 Å². The molecule has 12 heteroatoms. The standard InChI is InChI=1S/C25H16N4O7S/c30-22(13-3-6-17-18(10-13)36-9-8-35-17)20-21(14-2-1-7-26-12-14)28(24(32)23(20)31)25-27-16-5-4-15(29(33)34)11-19(16)37-25/h1-7,10-12,21,30H,8-9H2/b22-20+. The van der Waals surface area contributed by atoms with Gasteiger partial charge in [-0.05, 0) is 35.9 Å². The van der Waals surface area contributed by atoms with Crippen molar-refractivity contribution in [2.45, 2.75) is 6.04 Å². The van der Waals surface area contributed by atoms with Crippen LogP contribution in [0.4, 0.5) is 10.8 Å². The SMILES string of the molecule is O=C1C(=O)N(c2nc3ccc([N+](=O)[O-])cc3s2)C(c2cccnc2)/C1=C(\O)c1ccc2c(c1)OCCO2. The molecule has 2 aliphatic rings. The number of hydrogen-bond acceptors (Lipinski definition) is 10. The molecule has 1 amide bonds. The molecule has 2 aromatic heterocycles. The molecule has 1 atom stereocenters. The molecule has 0 spiro atoms. The van der Waals surface area contributed by atoms with Crippen LogP contribution in [0.5, 0.6) is 11.5 Å². The number of Topliss-reactive ketones (excluding diaryl/α,β-unsaturated/α-hetero) is 1. The first-order chi connectivity index (χ1) is 17.9. The summed E-state index contributed by atoms with van der Waals surface area (Å²) in [7, 11) is 0. The van der Waals surface area contributed by atoms with E-state index >= 15 is 0 Å². The lowest BCUT2D eigenvalue weighted by Gasteiger charge is -2.23. The van der Waals surface area contributed by atoms with Gasteiger partial charge in [0.1, 0.15) is 19.0 Å². The fourth-order valence-electron chi connectivity index (χ4n) is 4.35.